The maximum absolute atomic E-state index is 6.23. The van der Waals surface area contributed by atoms with E-state index < -0.39 is 0 Å². The van der Waals surface area contributed by atoms with Crippen molar-refractivity contribution >= 4 is 23.2 Å². The topological polar surface area (TPSA) is 3.24 Å². The van der Waals surface area contributed by atoms with Gasteiger partial charge in [0.05, 0.1) is 0 Å². The van der Waals surface area contributed by atoms with Crippen molar-refractivity contribution in [2.24, 2.45) is 5.92 Å². The summed E-state index contributed by atoms with van der Waals surface area (Å²) in [6.07, 6.45) is 1.22. The third-order valence-electron chi connectivity index (χ3n) is 3.19. The van der Waals surface area contributed by atoms with Gasteiger partial charge in [-0.25, -0.2) is 0 Å². The van der Waals surface area contributed by atoms with Crippen LogP contribution in [0.25, 0.3) is 0 Å². The van der Waals surface area contributed by atoms with Crippen molar-refractivity contribution in [2.45, 2.75) is 19.9 Å². The van der Waals surface area contributed by atoms with Crippen LogP contribution in [-0.4, -0.2) is 23.9 Å². The molecule has 1 aromatic carbocycles. The second-order valence-electron chi connectivity index (χ2n) is 4.64. The molecule has 16 heavy (non-hydrogen) atoms. The van der Waals surface area contributed by atoms with E-state index in [0.29, 0.717) is 5.92 Å². The molecular formula is C13H17Cl2N. The van der Waals surface area contributed by atoms with Crippen molar-refractivity contribution in [3.05, 3.63) is 34.3 Å². The van der Waals surface area contributed by atoms with Crippen LogP contribution in [0.4, 0.5) is 0 Å². The van der Waals surface area contributed by atoms with Gasteiger partial charge in [-0.1, -0.05) is 23.7 Å². The number of benzene rings is 1. The summed E-state index contributed by atoms with van der Waals surface area (Å²) in [5.41, 5.74) is 2.44. The van der Waals surface area contributed by atoms with Crippen molar-refractivity contribution in [3.8, 4) is 0 Å². The molecule has 3 heteroatoms. The average molecular weight is 258 g/mol. The Hall–Kier alpha value is -0.240. The van der Waals surface area contributed by atoms with Crippen molar-refractivity contribution in [2.75, 3.05) is 19.0 Å². The van der Waals surface area contributed by atoms with Gasteiger partial charge in [0, 0.05) is 24.0 Å². The monoisotopic (exact) mass is 257 g/mol. The van der Waals surface area contributed by atoms with E-state index in [1.165, 1.54) is 17.5 Å². The predicted octanol–water partition coefficient (Wildman–Crippen LogP) is 3.71. The summed E-state index contributed by atoms with van der Waals surface area (Å²) in [5.74, 6) is 1.43. The highest BCUT2D eigenvalue weighted by atomic mass is 35.5. The molecule has 1 fully saturated rings. The number of hydrogen-bond donors (Lipinski definition) is 0. The van der Waals surface area contributed by atoms with Crippen LogP contribution in [-0.2, 0) is 6.54 Å². The first kappa shape index (κ1) is 12.2. The van der Waals surface area contributed by atoms with Crippen molar-refractivity contribution in [3.63, 3.8) is 0 Å². The molecule has 0 amide bonds. The van der Waals surface area contributed by atoms with E-state index in [-0.39, 0.29) is 0 Å². The molecular weight excluding hydrogens is 241 g/mol. The maximum atomic E-state index is 6.23. The van der Waals surface area contributed by atoms with Gasteiger partial charge in [0.1, 0.15) is 0 Å². The third-order valence-corrected chi connectivity index (χ3v) is 3.98. The van der Waals surface area contributed by atoms with Gasteiger partial charge in [-0.15, -0.1) is 11.6 Å². The lowest BCUT2D eigenvalue weighted by atomic mass is 10.1. The predicted molar refractivity (Wildman–Crippen MR) is 70.3 cm³/mol. The highest BCUT2D eigenvalue weighted by molar-refractivity contribution is 6.31. The van der Waals surface area contributed by atoms with Gasteiger partial charge in [0.15, 0.2) is 0 Å². The number of nitrogens with zero attached hydrogens (tertiary/aromatic N) is 1. The lowest BCUT2D eigenvalue weighted by Crippen LogP contribution is -2.20. The van der Waals surface area contributed by atoms with E-state index in [1.54, 1.807) is 0 Å². The summed E-state index contributed by atoms with van der Waals surface area (Å²) in [7, 11) is 0. The molecule has 1 aliphatic heterocycles. The first-order valence-corrected chi connectivity index (χ1v) is 6.63. The Kier molecular flexibility index (Phi) is 4.12. The molecule has 0 bridgehead atoms. The number of rotatable bonds is 3. The van der Waals surface area contributed by atoms with Crippen LogP contribution in [0, 0.1) is 12.8 Å². The van der Waals surface area contributed by atoms with Gasteiger partial charge < -0.3 is 0 Å². The molecule has 2 rings (SSSR count). The van der Waals surface area contributed by atoms with Gasteiger partial charge in [0.2, 0.25) is 0 Å². The van der Waals surface area contributed by atoms with E-state index >= 15 is 0 Å². The van der Waals surface area contributed by atoms with Gasteiger partial charge >= 0.3 is 0 Å². The fourth-order valence-electron chi connectivity index (χ4n) is 2.20. The Balaban J connectivity index is 1.99. The summed E-state index contributed by atoms with van der Waals surface area (Å²) in [4.78, 5) is 2.43. The van der Waals surface area contributed by atoms with Gasteiger partial charge in [-0.3, -0.25) is 4.90 Å². The Bertz CT molecular complexity index is 365. The lowest BCUT2D eigenvalue weighted by Gasteiger charge is -2.16. The highest BCUT2D eigenvalue weighted by Crippen LogP contribution is 2.23. The highest BCUT2D eigenvalue weighted by Gasteiger charge is 2.21. The Morgan fingerprint density at radius 2 is 2.25 bits per heavy atom. The van der Waals surface area contributed by atoms with Crippen molar-refractivity contribution in [1.29, 1.82) is 0 Å². The molecule has 1 aliphatic rings. The standard InChI is InChI=1S/C13H17Cl2N/c1-10-2-3-12(13(15)6-10)9-16-5-4-11(7-14)8-16/h2-3,6,11H,4-5,7-9H2,1H3. The number of halogens is 2. The Labute approximate surface area is 107 Å². The number of hydrogen-bond acceptors (Lipinski definition) is 1. The third kappa shape index (κ3) is 2.91. The molecule has 0 saturated carbocycles. The normalized spacial score (nSPS) is 21.6. The van der Waals surface area contributed by atoms with E-state index in [4.69, 9.17) is 23.2 Å². The molecule has 88 valence electrons. The molecule has 0 N–H and O–H groups in total. The molecule has 1 heterocycles. The molecule has 0 aliphatic carbocycles. The zero-order chi connectivity index (χ0) is 11.5. The summed E-state index contributed by atoms with van der Waals surface area (Å²) in [6, 6.07) is 6.29. The second kappa shape index (κ2) is 5.39. The molecule has 0 spiro atoms. The molecule has 1 unspecified atom stereocenters. The second-order valence-corrected chi connectivity index (χ2v) is 5.35. The van der Waals surface area contributed by atoms with Crippen molar-refractivity contribution in [1.82, 2.24) is 4.90 Å². The summed E-state index contributed by atoms with van der Waals surface area (Å²) in [6.45, 7) is 5.26. The molecule has 1 atom stereocenters. The van der Waals surface area contributed by atoms with Crippen LogP contribution in [0.3, 0.4) is 0 Å². The quantitative estimate of drug-likeness (QED) is 0.747. The first-order valence-electron chi connectivity index (χ1n) is 5.72. The molecule has 0 radical (unpaired) electrons. The lowest BCUT2D eigenvalue weighted by molar-refractivity contribution is 0.321. The molecule has 1 nitrogen and oxygen atoms in total. The summed E-state index contributed by atoms with van der Waals surface area (Å²) < 4.78 is 0. The molecule has 1 aromatic rings. The SMILES string of the molecule is Cc1ccc(CN2CCC(CCl)C2)c(Cl)c1. The molecule has 0 aromatic heterocycles. The summed E-state index contributed by atoms with van der Waals surface area (Å²) >= 11 is 12.1. The van der Waals surface area contributed by atoms with Gasteiger partial charge in [-0.2, -0.15) is 0 Å². The van der Waals surface area contributed by atoms with Crippen LogP contribution < -0.4 is 0 Å². The fourth-order valence-corrected chi connectivity index (χ4v) is 2.75. The fraction of sp³-hybridized carbons (Fsp3) is 0.538. The van der Waals surface area contributed by atoms with E-state index in [1.807, 2.05) is 6.07 Å². The zero-order valence-corrected chi connectivity index (χ0v) is 11.1. The summed E-state index contributed by atoms with van der Waals surface area (Å²) in [5, 5.41) is 0.884. The zero-order valence-electron chi connectivity index (χ0n) is 9.55. The van der Waals surface area contributed by atoms with E-state index in [9.17, 15) is 0 Å². The minimum atomic E-state index is 0.658. The minimum Gasteiger partial charge on any atom is -0.299 e. The van der Waals surface area contributed by atoms with Crippen LogP contribution in [0.2, 0.25) is 5.02 Å². The number of aryl methyl sites for hydroxylation is 1. The van der Waals surface area contributed by atoms with Crippen LogP contribution >= 0.6 is 23.2 Å². The van der Waals surface area contributed by atoms with Crippen molar-refractivity contribution < 1.29 is 0 Å². The molecule has 1 saturated heterocycles. The van der Waals surface area contributed by atoms with Crippen LogP contribution in [0.15, 0.2) is 18.2 Å². The van der Waals surface area contributed by atoms with Crippen LogP contribution in [0.1, 0.15) is 17.5 Å². The minimum absolute atomic E-state index is 0.658. The Morgan fingerprint density at radius 1 is 1.44 bits per heavy atom. The largest absolute Gasteiger partial charge is 0.299 e. The van der Waals surface area contributed by atoms with Crippen LogP contribution in [0.5, 0.6) is 0 Å². The number of alkyl halides is 1. The number of likely N-dealkylation sites (tertiary alicyclic amines) is 1. The maximum Gasteiger partial charge on any atom is 0.0453 e. The van der Waals surface area contributed by atoms with Gasteiger partial charge in [0.25, 0.3) is 0 Å². The smallest absolute Gasteiger partial charge is 0.0453 e. The van der Waals surface area contributed by atoms with E-state index in [2.05, 4.69) is 24.0 Å². The van der Waals surface area contributed by atoms with E-state index in [0.717, 1.165) is 30.5 Å². The Morgan fingerprint density at radius 3 is 2.88 bits per heavy atom. The first-order chi connectivity index (χ1) is 7.69. The average Bonchev–Trinajstić information content (AvgIpc) is 2.70. The van der Waals surface area contributed by atoms with Gasteiger partial charge in [-0.05, 0) is 43.0 Å².